The van der Waals surface area contributed by atoms with Gasteiger partial charge < -0.3 is 15.4 Å². The zero-order valence-electron chi connectivity index (χ0n) is 16.2. The van der Waals surface area contributed by atoms with Gasteiger partial charge in [0, 0.05) is 37.4 Å². The molecular formula is C21H28FN3O3. The second-order valence-corrected chi connectivity index (χ2v) is 8.10. The van der Waals surface area contributed by atoms with Crippen molar-refractivity contribution < 1.29 is 18.7 Å². The van der Waals surface area contributed by atoms with Crippen molar-refractivity contribution in [3.05, 3.63) is 29.1 Å². The summed E-state index contributed by atoms with van der Waals surface area (Å²) >= 11 is 0. The normalized spacial score (nSPS) is 22.2. The summed E-state index contributed by atoms with van der Waals surface area (Å²) in [6.45, 7) is 3.98. The number of piperidine rings is 1. The van der Waals surface area contributed by atoms with Crippen LogP contribution in [0.5, 0.6) is 0 Å². The van der Waals surface area contributed by atoms with E-state index in [1.807, 2.05) is 0 Å². The van der Waals surface area contributed by atoms with E-state index in [1.165, 1.54) is 25.3 Å². The monoisotopic (exact) mass is 389 g/mol. The first-order chi connectivity index (χ1) is 13.6. The van der Waals surface area contributed by atoms with Gasteiger partial charge in [-0.3, -0.25) is 14.5 Å². The van der Waals surface area contributed by atoms with Gasteiger partial charge in [0.05, 0.1) is 5.56 Å². The lowest BCUT2D eigenvalue weighted by Gasteiger charge is -2.48. The molecule has 0 saturated carbocycles. The number of carbonyl (C=O) groups excluding carboxylic acids is 2. The minimum Gasteiger partial charge on any atom is -0.381 e. The van der Waals surface area contributed by atoms with E-state index in [0.29, 0.717) is 38.3 Å². The van der Waals surface area contributed by atoms with Gasteiger partial charge in [-0.1, -0.05) is 6.42 Å². The number of carbonyl (C=O) groups is 2. The SMILES string of the molecule is O=C1CCc2cc(C(=O)NCC3(N4CCCCC4)CCOCC3)c(F)cc2N1. The third-order valence-corrected chi connectivity index (χ3v) is 6.36. The molecule has 3 aliphatic heterocycles. The van der Waals surface area contributed by atoms with E-state index in [9.17, 15) is 14.0 Å². The van der Waals surface area contributed by atoms with E-state index in [1.54, 1.807) is 6.07 Å². The number of hydrogen-bond acceptors (Lipinski definition) is 4. The van der Waals surface area contributed by atoms with Gasteiger partial charge in [0.1, 0.15) is 5.82 Å². The Labute approximate surface area is 164 Å². The van der Waals surface area contributed by atoms with Gasteiger partial charge in [-0.2, -0.15) is 0 Å². The van der Waals surface area contributed by atoms with Crippen LogP contribution in [0.3, 0.4) is 0 Å². The fourth-order valence-electron chi connectivity index (χ4n) is 4.64. The summed E-state index contributed by atoms with van der Waals surface area (Å²) in [5.41, 5.74) is 1.23. The lowest BCUT2D eigenvalue weighted by molar-refractivity contribution is -0.116. The summed E-state index contributed by atoms with van der Waals surface area (Å²) < 4.78 is 20.1. The quantitative estimate of drug-likeness (QED) is 0.830. The number of ether oxygens (including phenoxy) is 1. The Morgan fingerprint density at radius 3 is 2.68 bits per heavy atom. The van der Waals surface area contributed by atoms with E-state index in [4.69, 9.17) is 4.74 Å². The zero-order chi connectivity index (χ0) is 19.6. The molecule has 0 bridgehead atoms. The number of likely N-dealkylation sites (tertiary alicyclic amines) is 1. The maximum absolute atomic E-state index is 14.5. The highest BCUT2D eigenvalue weighted by Crippen LogP contribution is 2.31. The molecule has 0 spiro atoms. The number of hydrogen-bond donors (Lipinski definition) is 2. The van der Waals surface area contributed by atoms with Crippen molar-refractivity contribution in [1.82, 2.24) is 10.2 Å². The molecule has 0 aromatic heterocycles. The Morgan fingerprint density at radius 2 is 1.93 bits per heavy atom. The van der Waals surface area contributed by atoms with Crippen LogP contribution >= 0.6 is 0 Å². The first-order valence-corrected chi connectivity index (χ1v) is 10.3. The summed E-state index contributed by atoms with van der Waals surface area (Å²) in [7, 11) is 0. The Balaban J connectivity index is 1.48. The van der Waals surface area contributed by atoms with Crippen LogP contribution in [0.4, 0.5) is 10.1 Å². The number of fused-ring (bicyclic) bond motifs is 1. The molecule has 0 radical (unpaired) electrons. The van der Waals surface area contributed by atoms with Gasteiger partial charge in [0.2, 0.25) is 5.91 Å². The average molecular weight is 389 g/mol. The van der Waals surface area contributed by atoms with E-state index in [2.05, 4.69) is 15.5 Å². The maximum Gasteiger partial charge on any atom is 0.254 e. The van der Waals surface area contributed by atoms with Gasteiger partial charge in [-0.25, -0.2) is 4.39 Å². The largest absolute Gasteiger partial charge is 0.381 e. The fourth-order valence-corrected chi connectivity index (χ4v) is 4.64. The Kier molecular flexibility index (Phi) is 5.64. The van der Waals surface area contributed by atoms with Crippen LogP contribution in [0.25, 0.3) is 0 Å². The van der Waals surface area contributed by atoms with E-state index >= 15 is 0 Å². The van der Waals surface area contributed by atoms with Crippen molar-refractivity contribution in [2.45, 2.75) is 50.5 Å². The number of nitrogens with one attached hydrogen (secondary N) is 2. The number of aryl methyl sites for hydroxylation is 1. The van der Waals surface area contributed by atoms with Crippen molar-refractivity contribution in [3.63, 3.8) is 0 Å². The number of halogens is 1. The molecule has 3 aliphatic rings. The molecule has 152 valence electrons. The first kappa shape index (κ1) is 19.3. The lowest BCUT2D eigenvalue weighted by atomic mass is 9.86. The molecule has 1 aromatic rings. The van der Waals surface area contributed by atoms with Crippen molar-refractivity contribution in [2.75, 3.05) is 38.2 Å². The standard InChI is InChI=1S/C21H28FN3O3/c22-17-13-18-15(4-5-19(26)24-18)12-16(17)20(27)23-14-21(6-10-28-11-7-21)25-8-2-1-3-9-25/h12-13H,1-11,14H2,(H,23,27)(H,24,26). The fraction of sp³-hybridized carbons (Fsp3) is 0.619. The van der Waals surface area contributed by atoms with Gasteiger partial charge in [-0.05, 0) is 62.9 Å². The maximum atomic E-state index is 14.5. The van der Waals surface area contributed by atoms with Gasteiger partial charge in [-0.15, -0.1) is 0 Å². The molecule has 6 nitrogen and oxygen atoms in total. The number of benzene rings is 1. The van der Waals surface area contributed by atoms with Crippen LogP contribution in [0.1, 0.15) is 54.4 Å². The third-order valence-electron chi connectivity index (χ3n) is 6.36. The molecule has 7 heteroatoms. The van der Waals surface area contributed by atoms with Crippen LogP contribution in [0, 0.1) is 5.82 Å². The number of nitrogens with zero attached hydrogens (tertiary/aromatic N) is 1. The predicted octanol–water partition coefficient (Wildman–Crippen LogP) is 2.48. The topological polar surface area (TPSA) is 70.7 Å². The van der Waals surface area contributed by atoms with Crippen molar-refractivity contribution in [2.24, 2.45) is 0 Å². The van der Waals surface area contributed by atoms with Gasteiger partial charge in [0.25, 0.3) is 5.91 Å². The third kappa shape index (κ3) is 3.91. The summed E-state index contributed by atoms with van der Waals surface area (Å²) in [4.78, 5) is 26.8. The van der Waals surface area contributed by atoms with Crippen molar-refractivity contribution in [3.8, 4) is 0 Å². The van der Waals surface area contributed by atoms with Crippen LogP contribution in [-0.4, -0.2) is 55.1 Å². The molecule has 4 rings (SSSR count). The smallest absolute Gasteiger partial charge is 0.254 e. The summed E-state index contributed by atoms with van der Waals surface area (Å²) in [6.07, 6.45) is 6.27. The second kappa shape index (κ2) is 8.17. The molecular weight excluding hydrogens is 361 g/mol. The van der Waals surface area contributed by atoms with E-state index in [0.717, 1.165) is 31.5 Å². The Bertz CT molecular complexity index is 756. The minimum absolute atomic E-state index is 0.0516. The zero-order valence-corrected chi connectivity index (χ0v) is 16.2. The lowest BCUT2D eigenvalue weighted by Crippen LogP contribution is -2.59. The molecule has 0 atom stereocenters. The highest BCUT2D eigenvalue weighted by atomic mass is 19.1. The van der Waals surface area contributed by atoms with Crippen LogP contribution in [-0.2, 0) is 16.0 Å². The molecule has 3 heterocycles. The Morgan fingerprint density at radius 1 is 1.18 bits per heavy atom. The van der Waals surface area contributed by atoms with Crippen molar-refractivity contribution in [1.29, 1.82) is 0 Å². The molecule has 2 fully saturated rings. The molecule has 28 heavy (non-hydrogen) atoms. The average Bonchev–Trinajstić information content (AvgIpc) is 2.73. The van der Waals surface area contributed by atoms with Crippen LogP contribution < -0.4 is 10.6 Å². The Hall–Kier alpha value is -1.99. The number of rotatable bonds is 4. The van der Waals surface area contributed by atoms with Crippen LogP contribution in [0.2, 0.25) is 0 Å². The highest BCUT2D eigenvalue weighted by Gasteiger charge is 2.39. The van der Waals surface area contributed by atoms with E-state index in [-0.39, 0.29) is 22.9 Å². The molecule has 1 aromatic carbocycles. The van der Waals surface area contributed by atoms with E-state index < -0.39 is 5.82 Å². The molecule has 2 saturated heterocycles. The molecule has 0 aliphatic carbocycles. The van der Waals surface area contributed by atoms with Gasteiger partial charge >= 0.3 is 0 Å². The molecule has 2 amide bonds. The van der Waals surface area contributed by atoms with Crippen LogP contribution in [0.15, 0.2) is 12.1 Å². The predicted molar refractivity (Wildman–Crippen MR) is 104 cm³/mol. The number of amides is 2. The summed E-state index contributed by atoms with van der Waals surface area (Å²) in [6, 6.07) is 2.84. The molecule has 0 unspecified atom stereocenters. The number of anilines is 1. The second-order valence-electron chi connectivity index (χ2n) is 8.10. The summed E-state index contributed by atoms with van der Waals surface area (Å²) in [5, 5.41) is 5.67. The summed E-state index contributed by atoms with van der Waals surface area (Å²) in [5.74, 6) is -1.11. The van der Waals surface area contributed by atoms with Gasteiger partial charge in [0.15, 0.2) is 0 Å². The van der Waals surface area contributed by atoms with Crippen molar-refractivity contribution >= 4 is 17.5 Å². The minimum atomic E-state index is -0.600. The molecule has 2 N–H and O–H groups in total. The highest BCUT2D eigenvalue weighted by molar-refractivity contribution is 5.98. The first-order valence-electron chi connectivity index (χ1n) is 10.3.